The summed E-state index contributed by atoms with van der Waals surface area (Å²) < 4.78 is 5.32. The third-order valence-electron chi connectivity index (χ3n) is 5.96. The molecule has 11 heteroatoms. The quantitative estimate of drug-likeness (QED) is 0.351. The highest BCUT2D eigenvalue weighted by molar-refractivity contribution is 8.18. The number of nitro groups is 1. The summed E-state index contributed by atoms with van der Waals surface area (Å²) in [7, 11) is 0. The van der Waals surface area contributed by atoms with E-state index in [0.29, 0.717) is 55.0 Å². The number of anilines is 2. The van der Waals surface area contributed by atoms with Gasteiger partial charge in [-0.2, -0.15) is 0 Å². The third kappa shape index (κ3) is 5.42. The topological polar surface area (TPSA) is 122 Å². The molecule has 0 unspecified atom stereocenters. The van der Waals surface area contributed by atoms with Gasteiger partial charge in [-0.25, -0.2) is 0 Å². The van der Waals surface area contributed by atoms with Gasteiger partial charge in [-0.05, 0) is 61.4 Å². The van der Waals surface area contributed by atoms with Crippen LogP contribution >= 0.6 is 11.8 Å². The molecule has 0 aromatic heterocycles. The summed E-state index contributed by atoms with van der Waals surface area (Å²) in [6.07, 6.45) is 1.44. The Hall–Kier alpha value is -3.70. The number of nitrogens with one attached hydrogen (secondary N) is 1. The molecule has 0 bridgehead atoms. The van der Waals surface area contributed by atoms with Gasteiger partial charge in [-0.15, -0.1) is 0 Å². The van der Waals surface area contributed by atoms with Crippen LogP contribution in [-0.4, -0.2) is 59.7 Å². The van der Waals surface area contributed by atoms with Crippen LogP contribution in [0.2, 0.25) is 0 Å². The Bertz CT molecular complexity index is 1260. The lowest BCUT2D eigenvalue weighted by Crippen LogP contribution is -2.36. The van der Waals surface area contributed by atoms with Crippen LogP contribution in [0.3, 0.4) is 0 Å². The Labute approximate surface area is 212 Å². The third-order valence-corrected chi connectivity index (χ3v) is 6.87. The van der Waals surface area contributed by atoms with Gasteiger partial charge in [0.05, 0.1) is 23.0 Å². The van der Waals surface area contributed by atoms with Crippen molar-refractivity contribution in [2.45, 2.75) is 20.8 Å². The maximum atomic E-state index is 12.9. The molecule has 36 heavy (non-hydrogen) atoms. The molecule has 0 atom stereocenters. The molecule has 0 radical (unpaired) electrons. The first-order chi connectivity index (χ1) is 17.1. The van der Waals surface area contributed by atoms with Gasteiger partial charge < -0.3 is 15.0 Å². The van der Waals surface area contributed by atoms with Gasteiger partial charge in [-0.1, -0.05) is 23.8 Å². The zero-order valence-corrected chi connectivity index (χ0v) is 21.0. The summed E-state index contributed by atoms with van der Waals surface area (Å²) in [4.78, 5) is 52.2. The SMILES string of the molecule is Cc1cc(C)c(NC(=O)CN2C(=O)S/C(=C\c3ccc(N4CCOCC4)c([N+](=O)[O-])c3)C2=O)c(C)c1. The van der Waals surface area contributed by atoms with Crippen molar-refractivity contribution in [2.75, 3.05) is 43.1 Å². The van der Waals surface area contributed by atoms with Crippen molar-refractivity contribution in [1.29, 1.82) is 0 Å². The molecule has 4 rings (SSSR count). The lowest BCUT2D eigenvalue weighted by molar-refractivity contribution is -0.384. The number of nitrogens with zero attached hydrogens (tertiary/aromatic N) is 3. The molecule has 1 N–H and O–H groups in total. The number of hydrogen-bond acceptors (Lipinski definition) is 8. The maximum absolute atomic E-state index is 12.9. The molecule has 2 aliphatic rings. The first-order valence-corrected chi connectivity index (χ1v) is 12.2. The number of nitro benzene ring substituents is 1. The van der Waals surface area contributed by atoms with Crippen molar-refractivity contribution in [3.63, 3.8) is 0 Å². The monoisotopic (exact) mass is 510 g/mol. The number of ether oxygens (including phenoxy) is 1. The molecule has 10 nitrogen and oxygen atoms in total. The van der Waals surface area contributed by atoms with Crippen LogP contribution in [0.1, 0.15) is 22.3 Å². The molecule has 0 saturated carbocycles. The number of morpholine rings is 1. The summed E-state index contributed by atoms with van der Waals surface area (Å²) in [5.41, 5.74) is 4.30. The smallest absolute Gasteiger partial charge is 0.294 e. The number of carbonyl (C=O) groups is 3. The molecule has 2 fully saturated rings. The summed E-state index contributed by atoms with van der Waals surface area (Å²) in [5.74, 6) is -1.10. The number of aryl methyl sites for hydroxylation is 3. The van der Waals surface area contributed by atoms with Gasteiger partial charge in [0, 0.05) is 24.8 Å². The van der Waals surface area contributed by atoms with Crippen LogP contribution in [0, 0.1) is 30.9 Å². The molecule has 2 aromatic carbocycles. The maximum Gasteiger partial charge on any atom is 0.294 e. The van der Waals surface area contributed by atoms with Crippen LogP contribution in [0.15, 0.2) is 35.2 Å². The van der Waals surface area contributed by atoms with E-state index in [4.69, 9.17) is 4.74 Å². The highest BCUT2D eigenvalue weighted by Gasteiger charge is 2.36. The van der Waals surface area contributed by atoms with Gasteiger partial charge in [0.25, 0.3) is 16.8 Å². The van der Waals surface area contributed by atoms with E-state index in [9.17, 15) is 24.5 Å². The van der Waals surface area contributed by atoms with Crippen LogP contribution in [-0.2, 0) is 14.3 Å². The van der Waals surface area contributed by atoms with E-state index >= 15 is 0 Å². The van der Waals surface area contributed by atoms with E-state index in [2.05, 4.69) is 5.32 Å². The summed E-state index contributed by atoms with van der Waals surface area (Å²) in [6, 6.07) is 8.57. The van der Waals surface area contributed by atoms with E-state index in [0.717, 1.165) is 21.6 Å². The Kier molecular flexibility index (Phi) is 7.41. The number of hydrogen-bond donors (Lipinski definition) is 1. The Morgan fingerprint density at radius 2 is 1.81 bits per heavy atom. The lowest BCUT2D eigenvalue weighted by Gasteiger charge is -2.28. The number of thioether (sulfide) groups is 1. The molecule has 2 heterocycles. The molecular weight excluding hydrogens is 484 g/mol. The lowest BCUT2D eigenvalue weighted by atomic mass is 10.1. The van der Waals surface area contributed by atoms with Crippen molar-refractivity contribution < 1.29 is 24.0 Å². The standard InChI is InChI=1S/C25H26N4O6S/c1-15-10-16(2)23(17(3)11-15)26-22(30)14-28-24(31)21(36-25(28)32)13-18-4-5-19(20(12-18)29(33)34)27-6-8-35-9-7-27/h4-5,10-13H,6-9,14H2,1-3H3,(H,26,30)/b21-13-. The average molecular weight is 511 g/mol. The van der Waals surface area contributed by atoms with Gasteiger partial charge in [0.1, 0.15) is 12.2 Å². The van der Waals surface area contributed by atoms with Crippen LogP contribution < -0.4 is 10.2 Å². The first kappa shape index (κ1) is 25.4. The van der Waals surface area contributed by atoms with Crippen molar-refractivity contribution >= 4 is 52.0 Å². The summed E-state index contributed by atoms with van der Waals surface area (Å²) >= 11 is 0.701. The molecule has 188 valence electrons. The normalized spacial score (nSPS) is 17.1. The summed E-state index contributed by atoms with van der Waals surface area (Å²) in [6.45, 7) is 7.36. The Morgan fingerprint density at radius 1 is 1.14 bits per heavy atom. The molecular formula is C25H26N4O6S. The molecule has 0 spiro atoms. The number of benzene rings is 2. The number of imide groups is 1. The summed E-state index contributed by atoms with van der Waals surface area (Å²) in [5, 5.41) is 13.9. The number of rotatable bonds is 6. The van der Waals surface area contributed by atoms with Crippen LogP contribution in [0.5, 0.6) is 0 Å². The highest BCUT2D eigenvalue weighted by atomic mass is 32.2. The molecule has 2 aromatic rings. The predicted molar refractivity (Wildman–Crippen MR) is 138 cm³/mol. The first-order valence-electron chi connectivity index (χ1n) is 11.4. The molecule has 0 aliphatic carbocycles. The minimum atomic E-state index is -0.614. The van der Waals surface area contributed by atoms with E-state index < -0.39 is 28.5 Å². The van der Waals surface area contributed by atoms with Crippen LogP contribution in [0.25, 0.3) is 6.08 Å². The van der Waals surface area contributed by atoms with Gasteiger partial charge in [0.15, 0.2) is 0 Å². The zero-order chi connectivity index (χ0) is 26.0. The van der Waals surface area contributed by atoms with Crippen molar-refractivity contribution in [3.8, 4) is 0 Å². The molecule has 3 amide bonds. The fourth-order valence-electron chi connectivity index (χ4n) is 4.34. The average Bonchev–Trinajstić information content (AvgIpc) is 3.09. The van der Waals surface area contributed by atoms with E-state index in [-0.39, 0.29) is 10.6 Å². The van der Waals surface area contributed by atoms with Gasteiger partial charge in [0.2, 0.25) is 5.91 Å². The van der Waals surface area contributed by atoms with Gasteiger partial charge >= 0.3 is 0 Å². The predicted octanol–water partition coefficient (Wildman–Crippen LogP) is 4.03. The van der Waals surface area contributed by atoms with E-state index in [1.54, 1.807) is 12.1 Å². The number of amides is 3. The second kappa shape index (κ2) is 10.5. The highest BCUT2D eigenvalue weighted by Crippen LogP contribution is 2.35. The van der Waals surface area contributed by atoms with E-state index in [1.165, 1.54) is 12.1 Å². The second-order valence-corrected chi connectivity index (χ2v) is 9.69. The Morgan fingerprint density at radius 3 is 2.44 bits per heavy atom. The minimum Gasteiger partial charge on any atom is -0.378 e. The Balaban J connectivity index is 1.50. The van der Waals surface area contributed by atoms with Crippen molar-refractivity contribution in [2.24, 2.45) is 0 Å². The zero-order valence-electron chi connectivity index (χ0n) is 20.2. The second-order valence-electron chi connectivity index (χ2n) is 8.69. The largest absolute Gasteiger partial charge is 0.378 e. The van der Waals surface area contributed by atoms with Gasteiger partial charge in [-0.3, -0.25) is 29.4 Å². The van der Waals surface area contributed by atoms with Crippen molar-refractivity contribution in [1.82, 2.24) is 4.90 Å². The molecule has 2 saturated heterocycles. The van der Waals surface area contributed by atoms with Crippen molar-refractivity contribution in [3.05, 3.63) is 67.6 Å². The number of carbonyl (C=O) groups excluding carboxylic acids is 3. The fourth-order valence-corrected chi connectivity index (χ4v) is 5.17. The van der Waals surface area contributed by atoms with Crippen LogP contribution in [0.4, 0.5) is 21.9 Å². The minimum absolute atomic E-state index is 0.0897. The van der Waals surface area contributed by atoms with E-state index in [1.807, 2.05) is 37.8 Å². The molecule has 2 aliphatic heterocycles. The fraction of sp³-hybridized carbons (Fsp3) is 0.320.